The van der Waals surface area contributed by atoms with Crippen molar-refractivity contribution in [1.82, 2.24) is 10.3 Å². The average Bonchev–Trinajstić information content (AvgIpc) is 2.30. The van der Waals surface area contributed by atoms with Gasteiger partial charge in [-0.2, -0.15) is 0 Å². The third kappa shape index (κ3) is 2.89. The van der Waals surface area contributed by atoms with E-state index in [0.29, 0.717) is 12.3 Å². The second kappa shape index (κ2) is 5.21. The van der Waals surface area contributed by atoms with Gasteiger partial charge in [-0.05, 0) is 50.4 Å². The molecule has 1 aromatic heterocycles. The van der Waals surface area contributed by atoms with E-state index in [0.717, 1.165) is 37.1 Å². The summed E-state index contributed by atoms with van der Waals surface area (Å²) in [5, 5.41) is 3.31. The number of pyridine rings is 1. The van der Waals surface area contributed by atoms with Gasteiger partial charge in [0.15, 0.2) is 5.78 Å². The monoisotopic (exact) mass is 218 g/mol. The van der Waals surface area contributed by atoms with Gasteiger partial charge in [0.05, 0.1) is 0 Å². The summed E-state index contributed by atoms with van der Waals surface area (Å²) in [4.78, 5) is 16.1. The number of piperidine rings is 1. The molecule has 0 bridgehead atoms. The molecule has 16 heavy (non-hydrogen) atoms. The van der Waals surface area contributed by atoms with Crippen molar-refractivity contribution in [1.29, 1.82) is 0 Å². The van der Waals surface area contributed by atoms with Crippen LogP contribution in [0.1, 0.15) is 35.2 Å². The lowest BCUT2D eigenvalue weighted by Gasteiger charge is -2.21. The molecule has 1 saturated heterocycles. The summed E-state index contributed by atoms with van der Waals surface area (Å²) >= 11 is 0. The molecule has 1 aliphatic rings. The smallest absolute Gasteiger partial charge is 0.164 e. The Labute approximate surface area is 96.3 Å². The maximum Gasteiger partial charge on any atom is 0.164 e. The van der Waals surface area contributed by atoms with Crippen molar-refractivity contribution < 1.29 is 4.79 Å². The van der Waals surface area contributed by atoms with E-state index >= 15 is 0 Å². The molecule has 0 atom stereocenters. The molecule has 0 radical (unpaired) electrons. The zero-order valence-electron chi connectivity index (χ0n) is 9.70. The quantitative estimate of drug-likeness (QED) is 0.789. The fraction of sp³-hybridized carbons (Fsp3) is 0.538. The second-order valence-electron chi connectivity index (χ2n) is 4.57. The van der Waals surface area contributed by atoms with Gasteiger partial charge in [-0.25, -0.2) is 0 Å². The first-order valence-corrected chi connectivity index (χ1v) is 5.91. The van der Waals surface area contributed by atoms with Crippen molar-refractivity contribution in [3.63, 3.8) is 0 Å². The fourth-order valence-electron chi connectivity index (χ4n) is 2.17. The van der Waals surface area contributed by atoms with Crippen LogP contribution >= 0.6 is 0 Å². The number of carbonyl (C=O) groups excluding carboxylic acids is 1. The Bertz CT molecular complexity index is 370. The average molecular weight is 218 g/mol. The highest BCUT2D eigenvalue weighted by molar-refractivity contribution is 5.96. The largest absolute Gasteiger partial charge is 0.317 e. The number of nitrogens with zero attached hydrogens (tertiary/aromatic N) is 1. The molecular formula is C13H18N2O. The SMILES string of the molecule is Cc1cncc(C(=O)CC2CCNCC2)c1. The van der Waals surface area contributed by atoms with Gasteiger partial charge in [0.1, 0.15) is 0 Å². The predicted molar refractivity (Wildman–Crippen MR) is 63.5 cm³/mol. The minimum absolute atomic E-state index is 0.239. The van der Waals surface area contributed by atoms with Crippen molar-refractivity contribution in [2.45, 2.75) is 26.2 Å². The van der Waals surface area contributed by atoms with Gasteiger partial charge in [-0.3, -0.25) is 9.78 Å². The molecule has 1 aromatic rings. The van der Waals surface area contributed by atoms with Gasteiger partial charge >= 0.3 is 0 Å². The second-order valence-corrected chi connectivity index (χ2v) is 4.57. The summed E-state index contributed by atoms with van der Waals surface area (Å²) in [6.45, 7) is 4.06. The zero-order valence-corrected chi connectivity index (χ0v) is 9.70. The van der Waals surface area contributed by atoms with Crippen LogP contribution in [0.5, 0.6) is 0 Å². The van der Waals surface area contributed by atoms with E-state index in [1.807, 2.05) is 13.0 Å². The van der Waals surface area contributed by atoms with Crippen LogP contribution in [-0.2, 0) is 0 Å². The highest BCUT2D eigenvalue weighted by Gasteiger charge is 2.17. The fourth-order valence-corrected chi connectivity index (χ4v) is 2.17. The van der Waals surface area contributed by atoms with E-state index in [9.17, 15) is 4.79 Å². The lowest BCUT2D eigenvalue weighted by Crippen LogP contribution is -2.28. The molecule has 1 N–H and O–H groups in total. The Kier molecular flexibility index (Phi) is 3.67. The number of hydrogen-bond donors (Lipinski definition) is 1. The van der Waals surface area contributed by atoms with Crippen molar-refractivity contribution in [3.05, 3.63) is 29.6 Å². The van der Waals surface area contributed by atoms with Crippen molar-refractivity contribution >= 4 is 5.78 Å². The van der Waals surface area contributed by atoms with Crippen LogP contribution in [-0.4, -0.2) is 23.9 Å². The number of ketones is 1. The summed E-state index contributed by atoms with van der Waals surface area (Å²) in [6.07, 6.45) is 6.36. The van der Waals surface area contributed by atoms with Crippen LogP contribution in [0.2, 0.25) is 0 Å². The maximum absolute atomic E-state index is 12.0. The summed E-state index contributed by atoms with van der Waals surface area (Å²) < 4.78 is 0. The lowest BCUT2D eigenvalue weighted by atomic mass is 9.91. The molecule has 1 fully saturated rings. The lowest BCUT2D eigenvalue weighted by molar-refractivity contribution is 0.0952. The van der Waals surface area contributed by atoms with Gasteiger partial charge in [0.25, 0.3) is 0 Å². The van der Waals surface area contributed by atoms with Gasteiger partial charge in [0.2, 0.25) is 0 Å². The third-order valence-corrected chi connectivity index (χ3v) is 3.13. The predicted octanol–water partition coefficient (Wildman–Crippen LogP) is 1.96. The van der Waals surface area contributed by atoms with E-state index in [-0.39, 0.29) is 5.78 Å². The summed E-state index contributed by atoms with van der Waals surface area (Å²) in [6, 6.07) is 1.93. The van der Waals surface area contributed by atoms with E-state index in [1.54, 1.807) is 12.4 Å². The molecule has 0 aromatic carbocycles. The number of aromatic nitrogens is 1. The molecule has 0 amide bonds. The van der Waals surface area contributed by atoms with Gasteiger partial charge in [0, 0.05) is 24.4 Å². The number of hydrogen-bond acceptors (Lipinski definition) is 3. The molecule has 0 spiro atoms. The molecule has 2 heterocycles. The standard InChI is InChI=1S/C13H18N2O/c1-10-6-12(9-15-8-10)13(16)7-11-2-4-14-5-3-11/h6,8-9,11,14H,2-5,7H2,1H3. The molecule has 0 unspecified atom stereocenters. The maximum atomic E-state index is 12.0. The van der Waals surface area contributed by atoms with Crippen molar-refractivity contribution in [2.75, 3.05) is 13.1 Å². The first-order valence-electron chi connectivity index (χ1n) is 5.91. The third-order valence-electron chi connectivity index (χ3n) is 3.13. The minimum Gasteiger partial charge on any atom is -0.317 e. The summed E-state index contributed by atoms with van der Waals surface area (Å²) in [5.41, 5.74) is 1.81. The van der Waals surface area contributed by atoms with E-state index in [4.69, 9.17) is 0 Å². The Morgan fingerprint density at radius 1 is 1.44 bits per heavy atom. The molecule has 0 saturated carbocycles. The molecule has 1 aliphatic heterocycles. The molecule has 2 rings (SSSR count). The highest BCUT2D eigenvalue weighted by atomic mass is 16.1. The van der Waals surface area contributed by atoms with E-state index in [2.05, 4.69) is 10.3 Å². The topological polar surface area (TPSA) is 42.0 Å². The highest BCUT2D eigenvalue weighted by Crippen LogP contribution is 2.18. The van der Waals surface area contributed by atoms with Crippen LogP contribution in [0.4, 0.5) is 0 Å². The Balaban J connectivity index is 1.97. The summed E-state index contributed by atoms with van der Waals surface area (Å²) in [5.74, 6) is 0.789. The van der Waals surface area contributed by atoms with Crippen LogP contribution in [0.15, 0.2) is 18.5 Å². The Morgan fingerprint density at radius 3 is 2.88 bits per heavy atom. The van der Waals surface area contributed by atoms with Crippen LogP contribution in [0.3, 0.4) is 0 Å². The van der Waals surface area contributed by atoms with Crippen LogP contribution in [0.25, 0.3) is 0 Å². The van der Waals surface area contributed by atoms with Gasteiger partial charge < -0.3 is 5.32 Å². The number of nitrogens with one attached hydrogen (secondary N) is 1. The Morgan fingerprint density at radius 2 is 2.19 bits per heavy atom. The van der Waals surface area contributed by atoms with E-state index < -0.39 is 0 Å². The molecule has 3 heteroatoms. The van der Waals surface area contributed by atoms with Gasteiger partial charge in [-0.1, -0.05) is 0 Å². The number of rotatable bonds is 3. The van der Waals surface area contributed by atoms with Crippen molar-refractivity contribution in [2.24, 2.45) is 5.92 Å². The van der Waals surface area contributed by atoms with E-state index in [1.165, 1.54) is 0 Å². The zero-order chi connectivity index (χ0) is 11.4. The summed E-state index contributed by atoms with van der Waals surface area (Å²) in [7, 11) is 0. The first kappa shape index (κ1) is 11.3. The van der Waals surface area contributed by atoms with Crippen LogP contribution < -0.4 is 5.32 Å². The molecule has 86 valence electrons. The molecular weight excluding hydrogens is 200 g/mol. The first-order chi connectivity index (χ1) is 7.75. The van der Waals surface area contributed by atoms with Gasteiger partial charge in [-0.15, -0.1) is 0 Å². The normalized spacial score (nSPS) is 17.3. The number of Topliss-reactive ketones (excluding diaryl/α,β-unsaturated/α-hetero) is 1. The van der Waals surface area contributed by atoms with Crippen LogP contribution in [0, 0.1) is 12.8 Å². The minimum atomic E-state index is 0.239. The molecule has 0 aliphatic carbocycles. The number of aryl methyl sites for hydroxylation is 1. The van der Waals surface area contributed by atoms with Crippen molar-refractivity contribution in [3.8, 4) is 0 Å². The number of carbonyl (C=O) groups is 1. The molecule has 3 nitrogen and oxygen atoms in total. The Hall–Kier alpha value is -1.22.